The van der Waals surface area contributed by atoms with Crippen LogP contribution in [0, 0.1) is 5.41 Å². The molecule has 0 saturated heterocycles. The van der Waals surface area contributed by atoms with E-state index in [1.54, 1.807) is 0 Å². The summed E-state index contributed by atoms with van der Waals surface area (Å²) >= 11 is 0. The Labute approximate surface area is 88.7 Å². The highest BCUT2D eigenvalue weighted by molar-refractivity contribution is 4.98. The Morgan fingerprint density at radius 3 is 2.14 bits per heavy atom. The quantitative estimate of drug-likeness (QED) is 0.727. The number of rotatable bonds is 3. The minimum atomic E-state index is 0.346. The Balaban J connectivity index is 1.78. The second-order valence-corrected chi connectivity index (χ2v) is 6.16. The van der Waals surface area contributed by atoms with Gasteiger partial charge in [-0.3, -0.25) is 0 Å². The predicted octanol–water partition coefficient (Wildman–Crippen LogP) is 3.49. The van der Waals surface area contributed by atoms with Crippen LogP contribution in [0.2, 0.25) is 0 Å². The van der Waals surface area contributed by atoms with Crippen molar-refractivity contribution in [2.24, 2.45) is 5.41 Å². The van der Waals surface area contributed by atoms with Gasteiger partial charge >= 0.3 is 0 Å². The van der Waals surface area contributed by atoms with Crippen LogP contribution < -0.4 is 5.32 Å². The van der Waals surface area contributed by atoms with Crippen molar-refractivity contribution in [2.45, 2.75) is 77.3 Å². The van der Waals surface area contributed by atoms with Crippen molar-refractivity contribution in [3.05, 3.63) is 0 Å². The maximum absolute atomic E-state index is 3.81. The fourth-order valence-electron chi connectivity index (χ4n) is 2.71. The van der Waals surface area contributed by atoms with E-state index in [4.69, 9.17) is 0 Å². The van der Waals surface area contributed by atoms with E-state index in [1.807, 2.05) is 0 Å². The Bertz CT molecular complexity index is 193. The number of hydrogen-bond donors (Lipinski definition) is 1. The summed E-state index contributed by atoms with van der Waals surface area (Å²) in [4.78, 5) is 0. The lowest BCUT2D eigenvalue weighted by Gasteiger charge is -2.35. The van der Waals surface area contributed by atoms with Crippen LogP contribution in [0.3, 0.4) is 0 Å². The molecule has 1 nitrogen and oxygen atoms in total. The van der Waals surface area contributed by atoms with Gasteiger partial charge in [0.25, 0.3) is 0 Å². The first kappa shape index (κ1) is 10.5. The van der Waals surface area contributed by atoms with Gasteiger partial charge in [-0.05, 0) is 64.2 Å². The third kappa shape index (κ3) is 2.31. The zero-order valence-corrected chi connectivity index (χ0v) is 10.0. The summed E-state index contributed by atoms with van der Waals surface area (Å²) in [7, 11) is 0. The first-order chi connectivity index (χ1) is 6.55. The fourth-order valence-corrected chi connectivity index (χ4v) is 2.71. The summed E-state index contributed by atoms with van der Waals surface area (Å²) in [5, 5.41) is 3.81. The molecule has 2 aliphatic rings. The van der Waals surface area contributed by atoms with Gasteiger partial charge in [-0.15, -0.1) is 0 Å². The molecule has 1 N–H and O–H groups in total. The zero-order chi connectivity index (χ0) is 10.2. The molecule has 2 saturated carbocycles. The summed E-state index contributed by atoms with van der Waals surface area (Å²) in [6.45, 7) is 6.93. The average Bonchev–Trinajstić information content (AvgIpc) is 2.90. The molecular weight excluding hydrogens is 170 g/mol. The van der Waals surface area contributed by atoms with Gasteiger partial charge < -0.3 is 5.32 Å². The maximum atomic E-state index is 3.81. The highest BCUT2D eigenvalue weighted by atomic mass is 15.0. The number of nitrogens with one attached hydrogen (secondary N) is 1. The van der Waals surface area contributed by atoms with Crippen molar-refractivity contribution in [3.8, 4) is 0 Å². The molecule has 1 spiro atoms. The zero-order valence-electron chi connectivity index (χ0n) is 10.0. The third-order valence-electron chi connectivity index (χ3n) is 4.48. The molecule has 82 valence electrons. The van der Waals surface area contributed by atoms with E-state index in [2.05, 4.69) is 26.1 Å². The van der Waals surface area contributed by atoms with Crippen LogP contribution >= 0.6 is 0 Å². The minimum absolute atomic E-state index is 0.346. The van der Waals surface area contributed by atoms with Crippen molar-refractivity contribution in [3.63, 3.8) is 0 Å². The normalized spacial score (nSPS) is 26.8. The summed E-state index contributed by atoms with van der Waals surface area (Å²) in [5.41, 5.74) is 1.19. The van der Waals surface area contributed by atoms with Gasteiger partial charge in [0.05, 0.1) is 0 Å². The van der Waals surface area contributed by atoms with Gasteiger partial charge in [-0.25, -0.2) is 0 Å². The second-order valence-electron chi connectivity index (χ2n) is 6.16. The SMILES string of the molecule is CCC(C)(C)NC1CCC2(CC1)CC2. The highest BCUT2D eigenvalue weighted by Gasteiger charge is 2.44. The van der Waals surface area contributed by atoms with Crippen molar-refractivity contribution in [2.75, 3.05) is 0 Å². The monoisotopic (exact) mass is 195 g/mol. The van der Waals surface area contributed by atoms with Crippen molar-refractivity contribution in [1.82, 2.24) is 5.32 Å². The van der Waals surface area contributed by atoms with Crippen molar-refractivity contribution in [1.29, 1.82) is 0 Å². The van der Waals surface area contributed by atoms with Crippen LogP contribution in [0.25, 0.3) is 0 Å². The molecule has 0 aromatic heterocycles. The first-order valence-electron chi connectivity index (χ1n) is 6.33. The van der Waals surface area contributed by atoms with Gasteiger partial charge in [0.2, 0.25) is 0 Å². The van der Waals surface area contributed by atoms with E-state index in [-0.39, 0.29) is 0 Å². The van der Waals surface area contributed by atoms with E-state index in [0.29, 0.717) is 5.54 Å². The summed E-state index contributed by atoms with van der Waals surface area (Å²) in [6.07, 6.45) is 10.1. The maximum Gasteiger partial charge on any atom is 0.0125 e. The molecule has 14 heavy (non-hydrogen) atoms. The lowest BCUT2D eigenvalue weighted by molar-refractivity contribution is 0.226. The standard InChI is InChI=1S/C13H25N/c1-4-12(2,3)14-11-5-7-13(8-6-11)9-10-13/h11,14H,4-10H2,1-3H3. The van der Waals surface area contributed by atoms with Gasteiger partial charge in [0.15, 0.2) is 0 Å². The van der Waals surface area contributed by atoms with Crippen LogP contribution in [0.1, 0.15) is 65.7 Å². The molecule has 1 heteroatoms. The van der Waals surface area contributed by atoms with E-state index >= 15 is 0 Å². The molecule has 0 amide bonds. The lowest BCUT2D eigenvalue weighted by atomic mass is 9.82. The Morgan fingerprint density at radius 1 is 1.14 bits per heavy atom. The molecule has 0 heterocycles. The fraction of sp³-hybridized carbons (Fsp3) is 1.00. The molecule has 2 fully saturated rings. The first-order valence-corrected chi connectivity index (χ1v) is 6.33. The molecule has 0 atom stereocenters. The summed E-state index contributed by atoms with van der Waals surface area (Å²) in [6, 6.07) is 0.802. The molecule has 0 aromatic rings. The van der Waals surface area contributed by atoms with Gasteiger partial charge in [0.1, 0.15) is 0 Å². The molecule has 0 aromatic carbocycles. The smallest absolute Gasteiger partial charge is 0.0125 e. The van der Waals surface area contributed by atoms with Crippen LogP contribution in [0.5, 0.6) is 0 Å². The minimum Gasteiger partial charge on any atom is -0.309 e. The molecular formula is C13H25N. The Hall–Kier alpha value is -0.0400. The topological polar surface area (TPSA) is 12.0 Å². The Morgan fingerprint density at radius 2 is 1.71 bits per heavy atom. The molecule has 0 radical (unpaired) electrons. The molecule has 0 aliphatic heterocycles. The van der Waals surface area contributed by atoms with Crippen LogP contribution in [-0.4, -0.2) is 11.6 Å². The largest absolute Gasteiger partial charge is 0.309 e. The third-order valence-corrected chi connectivity index (χ3v) is 4.48. The molecule has 0 unspecified atom stereocenters. The summed E-state index contributed by atoms with van der Waals surface area (Å²) < 4.78 is 0. The summed E-state index contributed by atoms with van der Waals surface area (Å²) in [5.74, 6) is 0. The van der Waals surface area contributed by atoms with Gasteiger partial charge in [-0.1, -0.05) is 6.92 Å². The van der Waals surface area contributed by atoms with Crippen molar-refractivity contribution < 1.29 is 0 Å². The molecule has 2 rings (SSSR count). The van der Waals surface area contributed by atoms with E-state index in [0.717, 1.165) is 11.5 Å². The van der Waals surface area contributed by atoms with E-state index < -0.39 is 0 Å². The van der Waals surface area contributed by atoms with Crippen molar-refractivity contribution >= 4 is 0 Å². The number of hydrogen-bond acceptors (Lipinski definition) is 1. The van der Waals surface area contributed by atoms with Crippen LogP contribution in [0.4, 0.5) is 0 Å². The molecule has 0 bridgehead atoms. The average molecular weight is 195 g/mol. The Kier molecular flexibility index (Phi) is 2.63. The lowest BCUT2D eigenvalue weighted by Crippen LogP contribution is -2.47. The van der Waals surface area contributed by atoms with Gasteiger partial charge in [-0.2, -0.15) is 0 Å². The van der Waals surface area contributed by atoms with E-state index in [9.17, 15) is 0 Å². The van der Waals surface area contributed by atoms with Gasteiger partial charge in [0, 0.05) is 11.6 Å². The van der Waals surface area contributed by atoms with Crippen LogP contribution in [-0.2, 0) is 0 Å². The van der Waals surface area contributed by atoms with E-state index in [1.165, 1.54) is 44.9 Å². The van der Waals surface area contributed by atoms with Crippen LogP contribution in [0.15, 0.2) is 0 Å². The molecule has 2 aliphatic carbocycles. The second kappa shape index (κ2) is 3.52. The predicted molar refractivity (Wildman–Crippen MR) is 61.4 cm³/mol. The highest BCUT2D eigenvalue weighted by Crippen LogP contribution is 2.56.